The minimum Gasteiger partial charge on any atom is -0.399 e. The van der Waals surface area contributed by atoms with Crippen LogP contribution in [0.5, 0.6) is 0 Å². The first-order valence-electron chi connectivity index (χ1n) is 6.93. The van der Waals surface area contributed by atoms with Crippen molar-refractivity contribution in [3.8, 4) is 0 Å². The van der Waals surface area contributed by atoms with E-state index in [4.69, 9.17) is 5.73 Å². The average Bonchev–Trinajstić information content (AvgIpc) is 2.35. The zero-order chi connectivity index (χ0) is 14.3. The molecule has 0 bridgehead atoms. The lowest BCUT2D eigenvalue weighted by Gasteiger charge is -2.18. The molecule has 0 aliphatic rings. The average molecular weight is 266 g/mol. The van der Waals surface area contributed by atoms with E-state index in [1.807, 2.05) is 0 Å². The van der Waals surface area contributed by atoms with E-state index in [-0.39, 0.29) is 23.2 Å². The monoisotopic (exact) mass is 266 g/mol. The summed E-state index contributed by atoms with van der Waals surface area (Å²) in [7, 11) is 0. The van der Waals surface area contributed by atoms with Crippen LogP contribution < -0.4 is 11.1 Å². The van der Waals surface area contributed by atoms with Crippen molar-refractivity contribution in [3.05, 3.63) is 29.6 Å². The first kappa shape index (κ1) is 15.5. The fourth-order valence-corrected chi connectivity index (χ4v) is 2.10. The van der Waals surface area contributed by atoms with Crippen molar-refractivity contribution in [1.82, 2.24) is 5.32 Å². The molecule has 1 amide bonds. The lowest BCUT2D eigenvalue weighted by molar-refractivity contribution is 0.0931. The van der Waals surface area contributed by atoms with Crippen molar-refractivity contribution < 1.29 is 9.18 Å². The van der Waals surface area contributed by atoms with Gasteiger partial charge in [0, 0.05) is 17.3 Å². The molecular weight excluding hydrogens is 243 g/mol. The number of rotatable bonds is 7. The summed E-state index contributed by atoms with van der Waals surface area (Å²) in [5.41, 5.74) is 6.10. The van der Waals surface area contributed by atoms with Gasteiger partial charge in [0.1, 0.15) is 5.82 Å². The molecular formula is C15H23FN2O. The molecule has 0 heterocycles. The lowest BCUT2D eigenvalue weighted by Crippen LogP contribution is -2.34. The summed E-state index contributed by atoms with van der Waals surface area (Å²) in [5.74, 6) is -0.730. The highest BCUT2D eigenvalue weighted by Crippen LogP contribution is 2.13. The second-order valence-corrected chi connectivity index (χ2v) is 4.87. The van der Waals surface area contributed by atoms with Gasteiger partial charge in [0.15, 0.2) is 0 Å². The predicted molar refractivity (Wildman–Crippen MR) is 76.5 cm³/mol. The Hall–Kier alpha value is -1.58. The van der Waals surface area contributed by atoms with E-state index >= 15 is 0 Å². The van der Waals surface area contributed by atoms with Crippen molar-refractivity contribution in [2.75, 3.05) is 5.73 Å². The van der Waals surface area contributed by atoms with E-state index in [1.165, 1.54) is 18.2 Å². The largest absolute Gasteiger partial charge is 0.399 e. The molecule has 3 N–H and O–H groups in total. The molecule has 1 aromatic carbocycles. The van der Waals surface area contributed by atoms with Crippen LogP contribution in [0.1, 0.15) is 56.3 Å². The molecule has 0 aliphatic heterocycles. The summed E-state index contributed by atoms with van der Waals surface area (Å²) in [5, 5.41) is 2.96. The van der Waals surface area contributed by atoms with E-state index in [9.17, 15) is 9.18 Å². The Morgan fingerprint density at radius 1 is 1.26 bits per heavy atom. The van der Waals surface area contributed by atoms with Crippen LogP contribution in [0.25, 0.3) is 0 Å². The van der Waals surface area contributed by atoms with E-state index in [2.05, 4.69) is 19.2 Å². The molecule has 0 fully saturated rings. The number of hydrogen-bond acceptors (Lipinski definition) is 2. The molecule has 19 heavy (non-hydrogen) atoms. The molecule has 0 aliphatic carbocycles. The summed E-state index contributed by atoms with van der Waals surface area (Å²) < 4.78 is 13.2. The van der Waals surface area contributed by atoms with E-state index < -0.39 is 5.82 Å². The van der Waals surface area contributed by atoms with Gasteiger partial charge in [-0.2, -0.15) is 0 Å². The van der Waals surface area contributed by atoms with Crippen molar-refractivity contribution in [2.45, 2.75) is 52.0 Å². The summed E-state index contributed by atoms with van der Waals surface area (Å²) in [6.07, 6.45) is 5.09. The third-order valence-electron chi connectivity index (χ3n) is 3.06. The van der Waals surface area contributed by atoms with Gasteiger partial charge in [-0.3, -0.25) is 4.79 Å². The smallest absolute Gasteiger partial charge is 0.251 e. The zero-order valence-electron chi connectivity index (χ0n) is 11.7. The first-order valence-corrected chi connectivity index (χ1v) is 6.93. The maximum atomic E-state index is 13.2. The molecule has 4 heteroatoms. The Balaban J connectivity index is 2.69. The number of unbranched alkanes of at least 4 members (excludes halogenated alkanes) is 1. The van der Waals surface area contributed by atoms with Crippen LogP contribution in [-0.2, 0) is 0 Å². The Morgan fingerprint density at radius 2 is 2.00 bits per heavy atom. The SMILES string of the molecule is CCCCC(CCC)NC(=O)c1cc(N)cc(F)c1. The highest BCUT2D eigenvalue weighted by atomic mass is 19.1. The molecule has 0 saturated heterocycles. The quantitative estimate of drug-likeness (QED) is 0.742. The molecule has 1 aromatic rings. The predicted octanol–water partition coefficient (Wildman–Crippen LogP) is 3.50. The van der Waals surface area contributed by atoms with Crippen molar-refractivity contribution >= 4 is 11.6 Å². The van der Waals surface area contributed by atoms with Crippen LogP contribution in [0.2, 0.25) is 0 Å². The van der Waals surface area contributed by atoms with Crippen LogP contribution in [0.15, 0.2) is 18.2 Å². The highest BCUT2D eigenvalue weighted by molar-refractivity contribution is 5.95. The lowest BCUT2D eigenvalue weighted by atomic mass is 10.0. The Labute approximate surface area is 114 Å². The maximum absolute atomic E-state index is 13.2. The third-order valence-corrected chi connectivity index (χ3v) is 3.06. The number of benzene rings is 1. The van der Waals surface area contributed by atoms with Crippen molar-refractivity contribution in [3.63, 3.8) is 0 Å². The minimum absolute atomic E-state index is 0.155. The van der Waals surface area contributed by atoms with Gasteiger partial charge in [-0.15, -0.1) is 0 Å². The Morgan fingerprint density at radius 3 is 2.58 bits per heavy atom. The number of nitrogens with one attached hydrogen (secondary N) is 1. The molecule has 1 rings (SSSR count). The van der Waals surface area contributed by atoms with Crippen LogP contribution in [0.4, 0.5) is 10.1 Å². The molecule has 1 unspecified atom stereocenters. The van der Waals surface area contributed by atoms with Gasteiger partial charge < -0.3 is 11.1 Å². The van der Waals surface area contributed by atoms with E-state index in [0.717, 1.165) is 32.1 Å². The van der Waals surface area contributed by atoms with Crippen LogP contribution in [0, 0.1) is 5.82 Å². The number of hydrogen-bond donors (Lipinski definition) is 2. The molecule has 0 aromatic heterocycles. The number of anilines is 1. The Kier molecular flexibility index (Phi) is 6.33. The van der Waals surface area contributed by atoms with Gasteiger partial charge in [0.25, 0.3) is 5.91 Å². The van der Waals surface area contributed by atoms with E-state index in [1.54, 1.807) is 0 Å². The number of carbonyl (C=O) groups is 1. The number of halogens is 1. The van der Waals surface area contributed by atoms with Gasteiger partial charge in [-0.05, 0) is 31.0 Å². The number of nitrogen functional groups attached to an aromatic ring is 1. The minimum atomic E-state index is -0.481. The van der Waals surface area contributed by atoms with E-state index in [0.29, 0.717) is 0 Å². The summed E-state index contributed by atoms with van der Waals surface area (Å²) in [6.45, 7) is 4.21. The van der Waals surface area contributed by atoms with Crippen LogP contribution >= 0.6 is 0 Å². The van der Waals surface area contributed by atoms with Gasteiger partial charge >= 0.3 is 0 Å². The number of carbonyl (C=O) groups excluding carboxylic acids is 1. The number of nitrogens with two attached hydrogens (primary N) is 1. The standard InChI is InChI=1S/C15H23FN2O/c1-3-5-7-14(6-4-2)18-15(19)11-8-12(16)10-13(17)9-11/h8-10,14H,3-7,17H2,1-2H3,(H,18,19). The zero-order valence-corrected chi connectivity index (χ0v) is 11.7. The van der Waals surface area contributed by atoms with Crippen LogP contribution in [0.3, 0.4) is 0 Å². The fourth-order valence-electron chi connectivity index (χ4n) is 2.10. The maximum Gasteiger partial charge on any atom is 0.251 e. The molecule has 1 atom stereocenters. The van der Waals surface area contributed by atoms with Gasteiger partial charge in [-0.1, -0.05) is 33.1 Å². The highest BCUT2D eigenvalue weighted by Gasteiger charge is 2.13. The molecule has 0 spiro atoms. The number of amides is 1. The van der Waals surface area contributed by atoms with Crippen LogP contribution in [-0.4, -0.2) is 11.9 Å². The summed E-state index contributed by atoms with van der Waals surface area (Å²) >= 11 is 0. The summed E-state index contributed by atoms with van der Waals surface area (Å²) in [4.78, 5) is 12.1. The molecule has 106 valence electrons. The second-order valence-electron chi connectivity index (χ2n) is 4.87. The first-order chi connectivity index (χ1) is 9.06. The molecule has 0 radical (unpaired) electrons. The molecule has 0 saturated carbocycles. The van der Waals surface area contributed by atoms with Gasteiger partial charge in [0.05, 0.1) is 0 Å². The topological polar surface area (TPSA) is 55.1 Å². The second kappa shape index (κ2) is 7.77. The summed E-state index contributed by atoms with van der Waals surface area (Å²) in [6, 6.07) is 4.08. The third kappa shape index (κ3) is 5.28. The van der Waals surface area contributed by atoms with Gasteiger partial charge in [0.2, 0.25) is 0 Å². The molecule has 3 nitrogen and oxygen atoms in total. The normalized spacial score (nSPS) is 12.2. The van der Waals surface area contributed by atoms with Crippen molar-refractivity contribution in [2.24, 2.45) is 0 Å². The fraction of sp³-hybridized carbons (Fsp3) is 0.533. The van der Waals surface area contributed by atoms with Crippen molar-refractivity contribution in [1.29, 1.82) is 0 Å². The Bertz CT molecular complexity index is 400. The van der Waals surface area contributed by atoms with Gasteiger partial charge in [-0.25, -0.2) is 4.39 Å².